The Bertz CT molecular complexity index is 1250. The number of carbonyl (C=O) groups is 2. The van der Waals surface area contributed by atoms with Crippen molar-refractivity contribution < 1.29 is 19.1 Å². The molecule has 2 amide bonds. The van der Waals surface area contributed by atoms with Crippen LogP contribution in [-0.4, -0.2) is 42.0 Å². The van der Waals surface area contributed by atoms with Crippen molar-refractivity contribution in [1.29, 1.82) is 0 Å². The minimum atomic E-state index is -0.750. The van der Waals surface area contributed by atoms with Gasteiger partial charge in [-0.2, -0.15) is 0 Å². The van der Waals surface area contributed by atoms with Crippen molar-refractivity contribution in [3.8, 4) is 11.5 Å². The molecule has 1 atom stereocenters. The monoisotopic (exact) mass is 554 g/mol. The van der Waals surface area contributed by atoms with Gasteiger partial charge in [0, 0.05) is 41.0 Å². The van der Waals surface area contributed by atoms with E-state index in [1.54, 1.807) is 23.1 Å². The highest BCUT2D eigenvalue weighted by atomic mass is 35.5. The van der Waals surface area contributed by atoms with E-state index in [2.05, 4.69) is 5.32 Å². The number of ether oxygens (including phenoxy) is 2. The van der Waals surface area contributed by atoms with E-state index >= 15 is 0 Å². The van der Waals surface area contributed by atoms with E-state index in [1.807, 2.05) is 62.4 Å². The highest BCUT2D eigenvalue weighted by Gasteiger charge is 2.31. The highest BCUT2D eigenvalue weighted by Crippen LogP contribution is 2.32. The molecule has 4 rings (SSSR count). The summed E-state index contributed by atoms with van der Waals surface area (Å²) in [5.74, 6) is 0.990. The first-order chi connectivity index (χ1) is 18.3. The Morgan fingerprint density at radius 1 is 0.895 bits per heavy atom. The maximum absolute atomic E-state index is 13.9. The van der Waals surface area contributed by atoms with E-state index < -0.39 is 6.04 Å². The molecule has 1 N–H and O–H groups in total. The second kappa shape index (κ2) is 13.0. The highest BCUT2D eigenvalue weighted by molar-refractivity contribution is 6.36. The van der Waals surface area contributed by atoms with Crippen molar-refractivity contribution in [3.05, 3.63) is 93.5 Å². The van der Waals surface area contributed by atoms with Gasteiger partial charge in [0.05, 0.1) is 0 Å². The molecule has 0 saturated heterocycles. The standard InChI is InChI=1S/C30H32Cl2N2O4/c1-20(2)33-30(36)26(17-21-7-4-3-5-8-21)34(19-23-24(31)9-6-10-25(23)32)29(35)14-12-22-11-13-27-28(18-22)38-16-15-37-27/h3-11,13,18,20,26H,12,14-17,19H2,1-2H3,(H,33,36). The summed E-state index contributed by atoms with van der Waals surface area (Å²) in [6.45, 7) is 4.92. The van der Waals surface area contributed by atoms with E-state index in [0.717, 1.165) is 11.1 Å². The third-order valence-corrected chi connectivity index (χ3v) is 7.03. The third-order valence-electron chi connectivity index (χ3n) is 6.33. The van der Waals surface area contributed by atoms with Crippen molar-refractivity contribution in [2.75, 3.05) is 13.2 Å². The first-order valence-electron chi connectivity index (χ1n) is 12.8. The lowest BCUT2D eigenvalue weighted by Crippen LogP contribution is -2.51. The van der Waals surface area contributed by atoms with E-state index in [4.69, 9.17) is 32.7 Å². The van der Waals surface area contributed by atoms with Gasteiger partial charge < -0.3 is 19.7 Å². The lowest BCUT2D eigenvalue weighted by Gasteiger charge is -2.32. The predicted octanol–water partition coefficient (Wildman–Crippen LogP) is 5.86. The van der Waals surface area contributed by atoms with Crippen LogP contribution in [0.15, 0.2) is 66.7 Å². The van der Waals surface area contributed by atoms with Crippen LogP contribution in [-0.2, 0) is 29.0 Å². The molecule has 1 aliphatic heterocycles. The van der Waals surface area contributed by atoms with Gasteiger partial charge in [-0.1, -0.05) is 65.7 Å². The summed E-state index contributed by atoms with van der Waals surface area (Å²) in [6, 6.07) is 19.8. The molecule has 0 aromatic heterocycles. The van der Waals surface area contributed by atoms with Gasteiger partial charge in [0.1, 0.15) is 19.3 Å². The average Bonchev–Trinajstić information content (AvgIpc) is 2.90. The summed E-state index contributed by atoms with van der Waals surface area (Å²) in [4.78, 5) is 29.0. The molecule has 1 heterocycles. The molecule has 0 fully saturated rings. The maximum Gasteiger partial charge on any atom is 0.243 e. The fourth-order valence-electron chi connectivity index (χ4n) is 4.43. The Labute approximate surface area is 233 Å². The zero-order valence-corrected chi connectivity index (χ0v) is 23.1. The first kappa shape index (κ1) is 27.8. The number of amides is 2. The van der Waals surface area contributed by atoms with Gasteiger partial charge in [-0.25, -0.2) is 0 Å². The van der Waals surface area contributed by atoms with Crippen LogP contribution in [0.5, 0.6) is 11.5 Å². The van der Waals surface area contributed by atoms with Crippen LogP contribution in [0.2, 0.25) is 10.0 Å². The molecule has 3 aromatic rings. The molecule has 0 spiro atoms. The molecule has 1 unspecified atom stereocenters. The molecule has 0 aliphatic carbocycles. The molecule has 0 bridgehead atoms. The SMILES string of the molecule is CC(C)NC(=O)C(Cc1ccccc1)N(Cc1c(Cl)cccc1Cl)C(=O)CCc1ccc2c(c1)OCCO2. The van der Waals surface area contributed by atoms with Crippen LogP contribution in [0.1, 0.15) is 37.0 Å². The number of halogens is 2. The Morgan fingerprint density at radius 2 is 1.58 bits per heavy atom. The molecule has 0 radical (unpaired) electrons. The molecule has 6 nitrogen and oxygen atoms in total. The number of nitrogens with one attached hydrogen (secondary N) is 1. The van der Waals surface area contributed by atoms with Gasteiger partial charge in [-0.15, -0.1) is 0 Å². The van der Waals surface area contributed by atoms with Gasteiger partial charge in [0.2, 0.25) is 11.8 Å². The van der Waals surface area contributed by atoms with Crippen molar-refractivity contribution in [3.63, 3.8) is 0 Å². The van der Waals surface area contributed by atoms with Crippen LogP contribution >= 0.6 is 23.2 Å². The lowest BCUT2D eigenvalue weighted by atomic mass is 10.0. The zero-order valence-electron chi connectivity index (χ0n) is 21.6. The number of hydrogen-bond donors (Lipinski definition) is 1. The van der Waals surface area contributed by atoms with Gasteiger partial charge in [-0.3, -0.25) is 9.59 Å². The van der Waals surface area contributed by atoms with E-state index in [1.165, 1.54) is 0 Å². The normalized spacial score (nSPS) is 13.2. The largest absolute Gasteiger partial charge is 0.486 e. The predicted molar refractivity (Wildman–Crippen MR) is 150 cm³/mol. The zero-order chi connectivity index (χ0) is 27.1. The molecule has 8 heteroatoms. The minimum absolute atomic E-state index is 0.0839. The summed E-state index contributed by atoms with van der Waals surface area (Å²) in [6.07, 6.45) is 1.03. The quantitative estimate of drug-likeness (QED) is 0.340. The number of nitrogens with zero attached hydrogens (tertiary/aromatic N) is 1. The second-order valence-corrected chi connectivity index (χ2v) is 10.4. The second-order valence-electron chi connectivity index (χ2n) is 9.57. The molecule has 200 valence electrons. The maximum atomic E-state index is 13.9. The number of carbonyl (C=O) groups excluding carboxylic acids is 2. The van der Waals surface area contributed by atoms with Crippen molar-refractivity contribution in [1.82, 2.24) is 10.2 Å². The molecular formula is C30H32Cl2N2O4. The van der Waals surface area contributed by atoms with E-state index in [-0.39, 0.29) is 30.8 Å². The third kappa shape index (κ3) is 7.21. The number of hydrogen-bond acceptors (Lipinski definition) is 4. The topological polar surface area (TPSA) is 67.9 Å². The Balaban J connectivity index is 1.63. The van der Waals surface area contributed by atoms with E-state index in [0.29, 0.717) is 53.2 Å². The molecule has 3 aromatic carbocycles. The van der Waals surface area contributed by atoms with Gasteiger partial charge >= 0.3 is 0 Å². The number of rotatable bonds is 10. The summed E-state index contributed by atoms with van der Waals surface area (Å²) < 4.78 is 11.3. The summed E-state index contributed by atoms with van der Waals surface area (Å²) in [7, 11) is 0. The number of aryl methyl sites for hydroxylation is 1. The fourth-order valence-corrected chi connectivity index (χ4v) is 4.94. The van der Waals surface area contributed by atoms with Crippen LogP contribution < -0.4 is 14.8 Å². The minimum Gasteiger partial charge on any atom is -0.486 e. The average molecular weight is 556 g/mol. The van der Waals surface area contributed by atoms with Crippen molar-refractivity contribution in [2.24, 2.45) is 0 Å². The van der Waals surface area contributed by atoms with Crippen LogP contribution in [0.25, 0.3) is 0 Å². The molecule has 0 saturated carbocycles. The Morgan fingerprint density at radius 3 is 2.26 bits per heavy atom. The van der Waals surface area contributed by atoms with Crippen molar-refractivity contribution >= 4 is 35.0 Å². The van der Waals surface area contributed by atoms with Crippen LogP contribution in [0, 0.1) is 0 Å². The summed E-state index contributed by atoms with van der Waals surface area (Å²) in [5.41, 5.74) is 2.51. The fraction of sp³-hybridized carbons (Fsp3) is 0.333. The number of benzene rings is 3. The Kier molecular flexibility index (Phi) is 9.53. The summed E-state index contributed by atoms with van der Waals surface area (Å²) >= 11 is 13.0. The molecule has 38 heavy (non-hydrogen) atoms. The van der Waals surface area contributed by atoms with Gasteiger partial charge in [0.25, 0.3) is 0 Å². The summed E-state index contributed by atoms with van der Waals surface area (Å²) in [5, 5.41) is 3.89. The molecule has 1 aliphatic rings. The van der Waals surface area contributed by atoms with Crippen LogP contribution in [0.3, 0.4) is 0 Å². The lowest BCUT2D eigenvalue weighted by molar-refractivity contribution is -0.141. The molecular weight excluding hydrogens is 523 g/mol. The van der Waals surface area contributed by atoms with Crippen molar-refractivity contribution in [2.45, 2.75) is 51.7 Å². The Hall–Kier alpha value is -3.22. The smallest absolute Gasteiger partial charge is 0.243 e. The first-order valence-corrected chi connectivity index (χ1v) is 13.5. The number of fused-ring (bicyclic) bond motifs is 1. The van der Waals surface area contributed by atoms with Gasteiger partial charge in [0.15, 0.2) is 11.5 Å². The van der Waals surface area contributed by atoms with Gasteiger partial charge in [-0.05, 0) is 55.7 Å². The van der Waals surface area contributed by atoms with E-state index in [9.17, 15) is 9.59 Å². The van der Waals surface area contributed by atoms with Crippen LogP contribution in [0.4, 0.5) is 0 Å².